The van der Waals surface area contributed by atoms with Crippen molar-refractivity contribution in [2.24, 2.45) is 0 Å². The Morgan fingerprint density at radius 2 is 1.52 bits per heavy atom. The standard InChI is InChI=1S/C21H24N2O2/c24-23(25)17-20-11-13-21(14-12-20)22(15-18-7-3-1-4-8-18)16-19-9-5-2-6-10-19/h1-11,21H,12-17H2. The maximum Gasteiger partial charge on any atom is 0.224 e. The normalized spacial score (nSPS) is 17.3. The molecule has 1 unspecified atom stereocenters. The molecule has 0 aliphatic heterocycles. The fourth-order valence-corrected chi connectivity index (χ4v) is 3.47. The van der Waals surface area contributed by atoms with E-state index in [-0.39, 0.29) is 11.5 Å². The van der Waals surface area contributed by atoms with Gasteiger partial charge in [-0.15, -0.1) is 0 Å². The monoisotopic (exact) mass is 336 g/mol. The number of hydrogen-bond acceptors (Lipinski definition) is 3. The Bertz CT molecular complexity index is 672. The second kappa shape index (κ2) is 8.58. The Morgan fingerprint density at radius 3 is 1.96 bits per heavy atom. The van der Waals surface area contributed by atoms with Crippen molar-refractivity contribution in [1.82, 2.24) is 4.90 Å². The molecule has 0 fully saturated rings. The van der Waals surface area contributed by atoms with Gasteiger partial charge in [-0.1, -0.05) is 66.7 Å². The molecule has 25 heavy (non-hydrogen) atoms. The highest BCUT2D eigenvalue weighted by Crippen LogP contribution is 2.25. The number of hydrogen-bond donors (Lipinski definition) is 0. The third kappa shape index (κ3) is 5.26. The average molecular weight is 336 g/mol. The lowest BCUT2D eigenvalue weighted by Crippen LogP contribution is -2.35. The highest BCUT2D eigenvalue weighted by atomic mass is 16.6. The van der Waals surface area contributed by atoms with Crippen molar-refractivity contribution in [3.05, 3.63) is 93.6 Å². The Balaban J connectivity index is 1.72. The van der Waals surface area contributed by atoms with Crippen LogP contribution < -0.4 is 0 Å². The zero-order valence-electron chi connectivity index (χ0n) is 14.4. The molecule has 0 bridgehead atoms. The minimum atomic E-state index is -0.224. The molecule has 1 aliphatic carbocycles. The van der Waals surface area contributed by atoms with Crippen molar-refractivity contribution in [2.75, 3.05) is 6.54 Å². The molecule has 0 amide bonds. The summed E-state index contributed by atoms with van der Waals surface area (Å²) in [7, 11) is 0. The number of benzene rings is 2. The molecular formula is C21H24N2O2. The molecule has 4 heteroatoms. The lowest BCUT2D eigenvalue weighted by molar-refractivity contribution is -0.471. The van der Waals surface area contributed by atoms with Crippen LogP contribution >= 0.6 is 0 Å². The highest BCUT2D eigenvalue weighted by molar-refractivity contribution is 5.18. The van der Waals surface area contributed by atoms with Crippen LogP contribution in [0.3, 0.4) is 0 Å². The van der Waals surface area contributed by atoms with Crippen LogP contribution in [0, 0.1) is 10.1 Å². The first-order valence-corrected chi connectivity index (χ1v) is 8.82. The third-order valence-corrected chi connectivity index (χ3v) is 4.78. The second-order valence-electron chi connectivity index (χ2n) is 6.66. The molecule has 130 valence electrons. The van der Waals surface area contributed by atoms with Gasteiger partial charge in [0, 0.05) is 24.1 Å². The summed E-state index contributed by atoms with van der Waals surface area (Å²) in [4.78, 5) is 13.0. The van der Waals surface area contributed by atoms with Crippen LogP contribution in [-0.4, -0.2) is 22.4 Å². The van der Waals surface area contributed by atoms with Crippen molar-refractivity contribution in [1.29, 1.82) is 0 Å². The van der Waals surface area contributed by atoms with Gasteiger partial charge in [0.2, 0.25) is 6.54 Å². The van der Waals surface area contributed by atoms with Gasteiger partial charge in [0.1, 0.15) is 0 Å². The predicted octanol–water partition coefficient (Wildman–Crippen LogP) is 4.44. The van der Waals surface area contributed by atoms with Crippen LogP contribution in [0.4, 0.5) is 0 Å². The molecule has 0 saturated heterocycles. The molecule has 3 rings (SSSR count). The first kappa shape index (κ1) is 17.4. The van der Waals surface area contributed by atoms with Crippen LogP contribution in [-0.2, 0) is 13.1 Å². The van der Waals surface area contributed by atoms with E-state index in [2.05, 4.69) is 59.5 Å². The first-order valence-electron chi connectivity index (χ1n) is 8.82. The van der Waals surface area contributed by atoms with Gasteiger partial charge >= 0.3 is 0 Å². The van der Waals surface area contributed by atoms with E-state index < -0.39 is 0 Å². The minimum absolute atomic E-state index is 0.00983. The maximum absolute atomic E-state index is 10.7. The molecule has 0 spiro atoms. The lowest BCUT2D eigenvalue weighted by Gasteiger charge is -2.33. The van der Waals surface area contributed by atoms with Gasteiger partial charge in [-0.05, 0) is 36.0 Å². The Labute approximate surface area is 148 Å². The maximum atomic E-state index is 10.7. The second-order valence-corrected chi connectivity index (χ2v) is 6.66. The summed E-state index contributed by atoms with van der Waals surface area (Å²) >= 11 is 0. The first-order chi connectivity index (χ1) is 12.2. The highest BCUT2D eigenvalue weighted by Gasteiger charge is 2.23. The summed E-state index contributed by atoms with van der Waals surface area (Å²) in [5.74, 6) is 0. The van der Waals surface area contributed by atoms with E-state index in [1.807, 2.05) is 12.1 Å². The summed E-state index contributed by atoms with van der Waals surface area (Å²) in [5.41, 5.74) is 3.58. The number of nitrogens with zero attached hydrogens (tertiary/aromatic N) is 2. The van der Waals surface area contributed by atoms with Gasteiger partial charge in [0.15, 0.2) is 0 Å². The molecule has 0 heterocycles. The van der Waals surface area contributed by atoms with Gasteiger partial charge in [-0.2, -0.15) is 0 Å². The summed E-state index contributed by atoms with van der Waals surface area (Å²) in [6.45, 7) is 1.79. The molecular weight excluding hydrogens is 312 g/mol. The fraction of sp³-hybridized carbons (Fsp3) is 0.333. The summed E-state index contributed by atoms with van der Waals surface area (Å²) in [6.07, 6.45) is 4.79. The average Bonchev–Trinajstić information content (AvgIpc) is 2.63. The van der Waals surface area contributed by atoms with Gasteiger partial charge in [0.25, 0.3) is 0 Å². The van der Waals surface area contributed by atoms with E-state index in [9.17, 15) is 10.1 Å². The molecule has 2 aromatic carbocycles. The van der Waals surface area contributed by atoms with Gasteiger partial charge in [0.05, 0.1) is 0 Å². The van der Waals surface area contributed by atoms with Crippen molar-refractivity contribution in [3.63, 3.8) is 0 Å². The number of rotatable bonds is 7. The van der Waals surface area contributed by atoms with E-state index in [1.165, 1.54) is 11.1 Å². The Hall–Kier alpha value is -2.46. The number of nitro groups is 1. The van der Waals surface area contributed by atoms with Gasteiger partial charge < -0.3 is 0 Å². The molecule has 0 aromatic heterocycles. The van der Waals surface area contributed by atoms with Crippen LogP contribution in [0.2, 0.25) is 0 Å². The third-order valence-electron chi connectivity index (χ3n) is 4.78. The van der Waals surface area contributed by atoms with Gasteiger partial charge in [-0.3, -0.25) is 15.0 Å². The fourth-order valence-electron chi connectivity index (χ4n) is 3.47. The minimum Gasteiger partial charge on any atom is -0.292 e. The molecule has 1 atom stereocenters. The van der Waals surface area contributed by atoms with Crippen LogP contribution in [0.5, 0.6) is 0 Å². The van der Waals surface area contributed by atoms with E-state index in [4.69, 9.17) is 0 Å². The zero-order valence-corrected chi connectivity index (χ0v) is 14.4. The van der Waals surface area contributed by atoms with E-state index >= 15 is 0 Å². The molecule has 0 saturated carbocycles. The summed E-state index contributed by atoms with van der Waals surface area (Å²) < 4.78 is 0. The zero-order chi connectivity index (χ0) is 17.5. The van der Waals surface area contributed by atoms with E-state index in [0.717, 1.165) is 37.9 Å². The lowest BCUT2D eigenvalue weighted by atomic mass is 9.93. The smallest absolute Gasteiger partial charge is 0.224 e. The van der Waals surface area contributed by atoms with Crippen LogP contribution in [0.15, 0.2) is 72.3 Å². The van der Waals surface area contributed by atoms with Crippen LogP contribution in [0.1, 0.15) is 30.4 Å². The van der Waals surface area contributed by atoms with E-state index in [1.54, 1.807) is 0 Å². The SMILES string of the molecule is O=[N+]([O-])CC1=CCC(N(Cc2ccccc2)Cc2ccccc2)CC1. The Morgan fingerprint density at radius 1 is 0.960 bits per heavy atom. The summed E-state index contributed by atoms with van der Waals surface area (Å²) in [5, 5.41) is 10.7. The molecule has 0 radical (unpaired) electrons. The van der Waals surface area contributed by atoms with Crippen LogP contribution in [0.25, 0.3) is 0 Å². The molecule has 1 aliphatic rings. The molecule has 2 aromatic rings. The van der Waals surface area contributed by atoms with Gasteiger partial charge in [-0.25, -0.2) is 0 Å². The Kier molecular flexibility index (Phi) is 5.96. The summed E-state index contributed by atoms with van der Waals surface area (Å²) in [6, 6.07) is 21.5. The quantitative estimate of drug-likeness (QED) is 0.426. The largest absolute Gasteiger partial charge is 0.292 e. The topological polar surface area (TPSA) is 46.4 Å². The molecule has 0 N–H and O–H groups in total. The van der Waals surface area contributed by atoms with Crippen molar-refractivity contribution in [3.8, 4) is 0 Å². The van der Waals surface area contributed by atoms with Crippen molar-refractivity contribution in [2.45, 2.75) is 38.4 Å². The van der Waals surface area contributed by atoms with Crippen molar-refractivity contribution < 1.29 is 4.92 Å². The van der Waals surface area contributed by atoms with Crippen molar-refractivity contribution >= 4 is 0 Å². The predicted molar refractivity (Wildman–Crippen MR) is 99.7 cm³/mol. The van der Waals surface area contributed by atoms with E-state index in [0.29, 0.717) is 6.04 Å². The molecule has 4 nitrogen and oxygen atoms in total.